The van der Waals surface area contributed by atoms with E-state index in [-0.39, 0.29) is 11.8 Å². The number of likely N-dealkylation sites (tertiary alicyclic amines) is 1. The summed E-state index contributed by atoms with van der Waals surface area (Å²) in [7, 11) is 1.67. The molecule has 1 N–H and O–H groups in total. The second kappa shape index (κ2) is 10.4. The van der Waals surface area contributed by atoms with Crippen molar-refractivity contribution in [2.24, 2.45) is 5.92 Å². The normalized spacial score (nSPS) is 14.5. The molecular weight excluding hydrogens is 432 g/mol. The monoisotopic (exact) mass is 458 g/mol. The molecule has 1 aliphatic rings. The predicted molar refractivity (Wildman–Crippen MR) is 117 cm³/mol. The van der Waals surface area contributed by atoms with Crippen molar-refractivity contribution in [2.45, 2.75) is 25.7 Å². The van der Waals surface area contributed by atoms with E-state index in [0.717, 1.165) is 42.6 Å². The smallest absolute Gasteiger partial charge is 0.251 e. The van der Waals surface area contributed by atoms with Gasteiger partial charge in [0.2, 0.25) is 5.91 Å². The number of carbonyl (C=O) groups is 2. The van der Waals surface area contributed by atoms with Gasteiger partial charge < -0.3 is 15.0 Å². The van der Waals surface area contributed by atoms with Crippen molar-refractivity contribution in [3.8, 4) is 5.75 Å². The minimum absolute atomic E-state index is 0.115. The molecule has 2 amide bonds. The van der Waals surface area contributed by atoms with Crippen LogP contribution in [0.1, 0.15) is 35.2 Å². The molecule has 0 spiro atoms. The van der Waals surface area contributed by atoms with Gasteiger partial charge in [-0.25, -0.2) is 0 Å². The van der Waals surface area contributed by atoms with E-state index in [2.05, 4.69) is 33.4 Å². The molecule has 3 rings (SSSR count). The van der Waals surface area contributed by atoms with Crippen LogP contribution in [0.25, 0.3) is 0 Å². The Morgan fingerprint density at radius 3 is 2.34 bits per heavy atom. The Hall–Kier alpha value is -2.34. The second-order valence-electron chi connectivity index (χ2n) is 7.39. The van der Waals surface area contributed by atoms with E-state index < -0.39 is 0 Å². The number of hydrogen-bond acceptors (Lipinski definition) is 3. The van der Waals surface area contributed by atoms with Gasteiger partial charge in [-0.1, -0.05) is 28.1 Å². The number of ether oxygens (including phenoxy) is 1. The van der Waals surface area contributed by atoms with Crippen LogP contribution in [0.2, 0.25) is 0 Å². The Kier molecular flexibility index (Phi) is 7.69. The van der Waals surface area contributed by atoms with E-state index in [1.807, 2.05) is 29.2 Å². The molecule has 0 atom stereocenters. The highest BCUT2D eigenvalue weighted by Crippen LogP contribution is 2.23. The van der Waals surface area contributed by atoms with Crippen molar-refractivity contribution in [3.63, 3.8) is 0 Å². The van der Waals surface area contributed by atoms with Crippen molar-refractivity contribution >= 4 is 27.7 Å². The molecule has 1 aliphatic heterocycles. The molecule has 1 fully saturated rings. The summed E-state index contributed by atoms with van der Waals surface area (Å²) in [5, 5.41) is 2.83. The van der Waals surface area contributed by atoms with Gasteiger partial charge in [0.05, 0.1) is 7.11 Å². The lowest BCUT2D eigenvalue weighted by molar-refractivity contribution is -0.132. The molecule has 0 radical (unpaired) electrons. The molecule has 6 heteroatoms. The van der Waals surface area contributed by atoms with Crippen molar-refractivity contribution in [2.75, 3.05) is 26.7 Å². The fourth-order valence-corrected chi connectivity index (χ4v) is 3.89. The number of benzene rings is 2. The molecular formula is C23H27BrN2O3. The van der Waals surface area contributed by atoms with Crippen LogP contribution in [0, 0.1) is 5.92 Å². The van der Waals surface area contributed by atoms with Crippen LogP contribution >= 0.6 is 15.9 Å². The van der Waals surface area contributed by atoms with Gasteiger partial charge in [-0.3, -0.25) is 9.59 Å². The molecule has 0 aliphatic carbocycles. The number of amides is 2. The van der Waals surface area contributed by atoms with Crippen molar-refractivity contribution in [1.29, 1.82) is 0 Å². The van der Waals surface area contributed by atoms with Crippen LogP contribution in [0.4, 0.5) is 0 Å². The van der Waals surface area contributed by atoms with Gasteiger partial charge in [0.25, 0.3) is 5.91 Å². The van der Waals surface area contributed by atoms with Gasteiger partial charge in [0, 0.05) is 36.1 Å². The van der Waals surface area contributed by atoms with Gasteiger partial charge in [-0.2, -0.15) is 0 Å². The van der Waals surface area contributed by atoms with E-state index in [9.17, 15) is 9.59 Å². The highest BCUT2D eigenvalue weighted by molar-refractivity contribution is 9.10. The maximum absolute atomic E-state index is 12.5. The fraction of sp³-hybridized carbons (Fsp3) is 0.391. The molecule has 29 heavy (non-hydrogen) atoms. The number of hydrogen-bond donors (Lipinski definition) is 1. The molecule has 1 saturated heterocycles. The summed E-state index contributed by atoms with van der Waals surface area (Å²) in [5.74, 6) is 1.44. The lowest BCUT2D eigenvalue weighted by atomic mass is 9.90. The van der Waals surface area contributed by atoms with E-state index in [1.54, 1.807) is 19.2 Å². The zero-order valence-electron chi connectivity index (χ0n) is 16.7. The topological polar surface area (TPSA) is 58.6 Å². The second-order valence-corrected chi connectivity index (χ2v) is 8.30. The quantitative estimate of drug-likeness (QED) is 0.680. The third kappa shape index (κ3) is 6.32. The summed E-state index contributed by atoms with van der Waals surface area (Å²) < 4.78 is 6.13. The summed E-state index contributed by atoms with van der Waals surface area (Å²) in [6.07, 6.45) is 3.41. The highest BCUT2D eigenvalue weighted by Gasteiger charge is 2.22. The average molecular weight is 459 g/mol. The summed E-state index contributed by atoms with van der Waals surface area (Å²) in [6.45, 7) is 1.94. The predicted octanol–water partition coefficient (Wildman–Crippen LogP) is 4.06. The Morgan fingerprint density at radius 2 is 1.72 bits per heavy atom. The third-order valence-corrected chi connectivity index (χ3v) is 5.91. The first-order valence-corrected chi connectivity index (χ1v) is 10.8. The first kappa shape index (κ1) is 21.4. The number of nitrogens with one attached hydrogen (secondary N) is 1. The summed E-state index contributed by atoms with van der Waals surface area (Å²) >= 11 is 3.35. The van der Waals surface area contributed by atoms with Gasteiger partial charge in [0.1, 0.15) is 5.75 Å². The van der Waals surface area contributed by atoms with Crippen LogP contribution in [0.5, 0.6) is 5.75 Å². The van der Waals surface area contributed by atoms with Gasteiger partial charge >= 0.3 is 0 Å². The van der Waals surface area contributed by atoms with Crippen molar-refractivity contribution in [1.82, 2.24) is 10.2 Å². The van der Waals surface area contributed by atoms with Gasteiger partial charge in [0.15, 0.2) is 0 Å². The maximum atomic E-state index is 12.5. The molecule has 0 aromatic heterocycles. The Bertz CT molecular complexity index is 813. The lowest BCUT2D eigenvalue weighted by Gasteiger charge is -2.32. The van der Waals surface area contributed by atoms with Crippen LogP contribution in [-0.2, 0) is 11.2 Å². The van der Waals surface area contributed by atoms with E-state index >= 15 is 0 Å². The Labute approximate surface area is 180 Å². The van der Waals surface area contributed by atoms with Gasteiger partial charge in [-0.15, -0.1) is 0 Å². The van der Waals surface area contributed by atoms with Crippen molar-refractivity contribution < 1.29 is 14.3 Å². The van der Waals surface area contributed by atoms with Crippen LogP contribution in [0.15, 0.2) is 53.0 Å². The largest absolute Gasteiger partial charge is 0.497 e. The number of rotatable bonds is 7. The van der Waals surface area contributed by atoms with E-state index in [1.165, 1.54) is 5.56 Å². The molecule has 5 nitrogen and oxygen atoms in total. The first-order valence-electron chi connectivity index (χ1n) is 9.99. The van der Waals surface area contributed by atoms with E-state index in [4.69, 9.17) is 4.74 Å². The standard InChI is InChI=1S/C23H27BrN2O3/c1-29-21-8-2-17(3-9-21)16-18-11-14-26(15-12-18)22(27)10-13-25-23(28)19-4-6-20(24)7-5-19/h2-9,18H,10-16H2,1H3,(H,25,28). The first-order chi connectivity index (χ1) is 14.0. The van der Waals surface area contributed by atoms with Crippen LogP contribution < -0.4 is 10.1 Å². The number of carbonyl (C=O) groups excluding carboxylic acids is 2. The molecule has 0 bridgehead atoms. The number of halogens is 1. The number of piperidine rings is 1. The molecule has 0 saturated carbocycles. The summed E-state index contributed by atoms with van der Waals surface area (Å²) in [6, 6.07) is 15.4. The molecule has 2 aromatic carbocycles. The molecule has 2 aromatic rings. The number of nitrogens with zero attached hydrogens (tertiary/aromatic N) is 1. The number of methoxy groups -OCH3 is 1. The molecule has 1 heterocycles. The van der Waals surface area contributed by atoms with Crippen molar-refractivity contribution in [3.05, 3.63) is 64.1 Å². The molecule has 154 valence electrons. The minimum atomic E-state index is -0.150. The minimum Gasteiger partial charge on any atom is -0.497 e. The van der Waals surface area contributed by atoms with Crippen LogP contribution in [-0.4, -0.2) is 43.5 Å². The molecule has 0 unspecified atom stereocenters. The third-order valence-electron chi connectivity index (χ3n) is 5.38. The highest BCUT2D eigenvalue weighted by atomic mass is 79.9. The Morgan fingerprint density at radius 1 is 1.07 bits per heavy atom. The fourth-order valence-electron chi connectivity index (χ4n) is 3.63. The maximum Gasteiger partial charge on any atom is 0.251 e. The SMILES string of the molecule is COc1ccc(CC2CCN(C(=O)CCNC(=O)c3ccc(Br)cc3)CC2)cc1. The summed E-state index contributed by atoms with van der Waals surface area (Å²) in [4.78, 5) is 26.5. The van der Waals surface area contributed by atoms with E-state index in [0.29, 0.717) is 24.4 Å². The Balaban J connectivity index is 1.37. The zero-order valence-corrected chi connectivity index (χ0v) is 18.3. The lowest BCUT2D eigenvalue weighted by Crippen LogP contribution is -2.40. The average Bonchev–Trinajstić information content (AvgIpc) is 2.75. The zero-order chi connectivity index (χ0) is 20.6. The van der Waals surface area contributed by atoms with Gasteiger partial charge in [-0.05, 0) is 67.1 Å². The summed E-state index contributed by atoms with van der Waals surface area (Å²) in [5.41, 5.74) is 1.91. The van der Waals surface area contributed by atoms with Crippen LogP contribution in [0.3, 0.4) is 0 Å².